The first kappa shape index (κ1) is 25.3. The summed E-state index contributed by atoms with van der Waals surface area (Å²) in [6.07, 6.45) is 4.62. The van der Waals surface area contributed by atoms with Crippen LogP contribution < -0.4 is 10.6 Å². The molecule has 2 aromatic rings. The highest BCUT2D eigenvalue weighted by Gasteiger charge is 2.47. The highest BCUT2D eigenvalue weighted by molar-refractivity contribution is 7.99. The maximum absolute atomic E-state index is 12.9. The maximum atomic E-state index is 12.9. The zero-order valence-corrected chi connectivity index (χ0v) is 20.4. The molecule has 0 atom stereocenters. The lowest BCUT2D eigenvalue weighted by molar-refractivity contribution is -0.143. The van der Waals surface area contributed by atoms with Crippen LogP contribution in [-0.4, -0.2) is 46.6 Å². The minimum Gasteiger partial charge on any atom is -0.508 e. The normalized spacial score (nSPS) is 14.7. The third-order valence-electron chi connectivity index (χ3n) is 5.75. The molecule has 1 fully saturated rings. The van der Waals surface area contributed by atoms with Crippen LogP contribution in [0.2, 0.25) is 0 Å². The summed E-state index contributed by atoms with van der Waals surface area (Å²) in [7, 11) is 0. The van der Waals surface area contributed by atoms with Gasteiger partial charge in [0.15, 0.2) is 0 Å². The van der Waals surface area contributed by atoms with E-state index in [0.29, 0.717) is 25.9 Å². The molecule has 0 unspecified atom stereocenters. The number of carbonyl (C=O) groups excluding carboxylic acids is 2. The second-order valence-corrected chi connectivity index (χ2v) is 10.5. The van der Waals surface area contributed by atoms with Crippen LogP contribution in [0.5, 0.6) is 11.5 Å². The van der Waals surface area contributed by atoms with Crippen LogP contribution in [0.1, 0.15) is 38.5 Å². The van der Waals surface area contributed by atoms with Gasteiger partial charge in [-0.05, 0) is 85.7 Å². The van der Waals surface area contributed by atoms with Crippen molar-refractivity contribution in [1.29, 1.82) is 0 Å². The predicted molar refractivity (Wildman–Crippen MR) is 134 cm³/mol. The van der Waals surface area contributed by atoms with E-state index in [2.05, 4.69) is 10.6 Å². The first-order valence-corrected chi connectivity index (χ1v) is 13.4. The van der Waals surface area contributed by atoms with Gasteiger partial charge in [-0.3, -0.25) is 9.59 Å². The Bertz CT molecular complexity index is 828. The molecular weight excluding hydrogens is 456 g/mol. The molecule has 0 aromatic heterocycles. The zero-order chi connectivity index (χ0) is 23.5. The maximum Gasteiger partial charge on any atom is 0.235 e. The van der Waals surface area contributed by atoms with E-state index >= 15 is 0 Å². The lowest BCUT2D eigenvalue weighted by Crippen LogP contribution is -2.50. The number of nitrogens with one attached hydrogen (secondary N) is 2. The van der Waals surface area contributed by atoms with Crippen molar-refractivity contribution in [3.8, 4) is 11.5 Å². The summed E-state index contributed by atoms with van der Waals surface area (Å²) < 4.78 is 0. The molecule has 0 bridgehead atoms. The standard InChI is InChI=1S/C25H32N2O4S2/c28-19-5-9-21(10-6-19)32-17-3-15-26-23(30)25(13-1-2-14-25)24(31)27-16-4-18-33-22-11-7-20(29)8-12-22/h5-12,28-29H,1-4,13-18H2,(H,26,30)(H,27,31). The van der Waals surface area contributed by atoms with E-state index in [0.717, 1.165) is 47.0 Å². The summed E-state index contributed by atoms with van der Waals surface area (Å²) in [5, 5.41) is 24.7. The summed E-state index contributed by atoms with van der Waals surface area (Å²) >= 11 is 3.35. The van der Waals surface area contributed by atoms with Crippen molar-refractivity contribution in [2.75, 3.05) is 24.6 Å². The van der Waals surface area contributed by atoms with Crippen LogP contribution in [0, 0.1) is 5.41 Å². The van der Waals surface area contributed by atoms with Gasteiger partial charge in [-0.15, -0.1) is 23.5 Å². The Labute approximate surface area is 203 Å². The van der Waals surface area contributed by atoms with Gasteiger partial charge in [0.25, 0.3) is 0 Å². The second-order valence-electron chi connectivity index (χ2n) is 8.19. The minimum absolute atomic E-state index is 0.148. The fraction of sp³-hybridized carbons (Fsp3) is 0.440. The van der Waals surface area contributed by atoms with Crippen molar-refractivity contribution in [2.24, 2.45) is 5.41 Å². The zero-order valence-electron chi connectivity index (χ0n) is 18.7. The first-order chi connectivity index (χ1) is 16.0. The SMILES string of the molecule is O=C(NCCCSc1ccc(O)cc1)C1(C(=O)NCCCSc2ccc(O)cc2)CCCC1. The van der Waals surface area contributed by atoms with Crippen LogP contribution >= 0.6 is 23.5 Å². The summed E-state index contributed by atoms with van der Waals surface area (Å²) in [4.78, 5) is 28.1. The predicted octanol–water partition coefficient (Wildman–Crippen LogP) is 4.56. The molecule has 4 N–H and O–H groups in total. The van der Waals surface area contributed by atoms with Gasteiger partial charge in [0, 0.05) is 22.9 Å². The molecule has 1 aliphatic carbocycles. The lowest BCUT2D eigenvalue weighted by Gasteiger charge is -2.26. The number of rotatable bonds is 12. The molecule has 6 nitrogen and oxygen atoms in total. The smallest absolute Gasteiger partial charge is 0.235 e. The van der Waals surface area contributed by atoms with Gasteiger partial charge >= 0.3 is 0 Å². The Kier molecular flexibility index (Phi) is 9.81. The van der Waals surface area contributed by atoms with Gasteiger partial charge in [-0.1, -0.05) is 12.8 Å². The molecule has 2 aromatic carbocycles. The molecular formula is C25H32N2O4S2. The van der Waals surface area contributed by atoms with Crippen LogP contribution in [0.25, 0.3) is 0 Å². The third kappa shape index (κ3) is 7.61. The van der Waals surface area contributed by atoms with Crippen molar-refractivity contribution in [1.82, 2.24) is 10.6 Å². The number of benzene rings is 2. The van der Waals surface area contributed by atoms with E-state index in [1.165, 1.54) is 0 Å². The topological polar surface area (TPSA) is 98.7 Å². The molecule has 8 heteroatoms. The van der Waals surface area contributed by atoms with Gasteiger partial charge in [0.05, 0.1) is 0 Å². The Hall–Kier alpha value is -2.32. The van der Waals surface area contributed by atoms with Gasteiger partial charge in [-0.25, -0.2) is 0 Å². The van der Waals surface area contributed by atoms with Crippen molar-refractivity contribution in [2.45, 2.75) is 48.3 Å². The van der Waals surface area contributed by atoms with E-state index < -0.39 is 5.41 Å². The molecule has 0 radical (unpaired) electrons. The van der Waals surface area contributed by atoms with Gasteiger partial charge in [-0.2, -0.15) is 0 Å². The Morgan fingerprint density at radius 3 is 1.52 bits per heavy atom. The monoisotopic (exact) mass is 488 g/mol. The molecule has 3 rings (SSSR count). The first-order valence-electron chi connectivity index (χ1n) is 11.4. The van der Waals surface area contributed by atoms with Crippen molar-refractivity contribution < 1.29 is 19.8 Å². The number of phenolic OH excluding ortho intramolecular Hbond substituents is 2. The van der Waals surface area contributed by atoms with Gasteiger partial charge in [0.2, 0.25) is 11.8 Å². The van der Waals surface area contributed by atoms with E-state index in [4.69, 9.17) is 0 Å². The average Bonchev–Trinajstić information content (AvgIpc) is 3.32. The fourth-order valence-electron chi connectivity index (χ4n) is 3.89. The van der Waals surface area contributed by atoms with E-state index in [9.17, 15) is 19.8 Å². The number of hydrogen-bond donors (Lipinski definition) is 4. The van der Waals surface area contributed by atoms with E-state index in [1.807, 2.05) is 24.3 Å². The molecule has 178 valence electrons. The summed E-state index contributed by atoms with van der Waals surface area (Å²) in [6.45, 7) is 1.09. The van der Waals surface area contributed by atoms with Crippen molar-refractivity contribution in [3.63, 3.8) is 0 Å². The Morgan fingerprint density at radius 2 is 1.12 bits per heavy atom. The van der Waals surface area contributed by atoms with Gasteiger partial charge in [0.1, 0.15) is 16.9 Å². The molecule has 1 saturated carbocycles. The number of thioether (sulfide) groups is 2. The minimum atomic E-state index is -0.936. The molecule has 33 heavy (non-hydrogen) atoms. The molecule has 0 spiro atoms. The molecule has 0 saturated heterocycles. The van der Waals surface area contributed by atoms with Crippen LogP contribution in [0.4, 0.5) is 0 Å². The molecule has 2 amide bonds. The fourth-order valence-corrected chi connectivity index (χ4v) is 5.59. The summed E-state index contributed by atoms with van der Waals surface area (Å²) in [6, 6.07) is 14.2. The number of phenols is 2. The van der Waals surface area contributed by atoms with Crippen LogP contribution in [0.15, 0.2) is 58.3 Å². The quantitative estimate of drug-likeness (QED) is 0.199. The van der Waals surface area contributed by atoms with E-state index in [1.54, 1.807) is 47.8 Å². The summed E-state index contributed by atoms with van der Waals surface area (Å²) in [5.74, 6) is 1.91. The molecule has 0 heterocycles. The molecule has 0 aliphatic heterocycles. The van der Waals surface area contributed by atoms with Crippen LogP contribution in [-0.2, 0) is 9.59 Å². The highest BCUT2D eigenvalue weighted by atomic mass is 32.2. The Balaban J connectivity index is 1.36. The number of amides is 2. The number of hydrogen-bond acceptors (Lipinski definition) is 6. The summed E-state index contributed by atoms with van der Waals surface area (Å²) in [5.41, 5.74) is -0.936. The number of aromatic hydroxyl groups is 2. The highest BCUT2D eigenvalue weighted by Crippen LogP contribution is 2.38. The van der Waals surface area contributed by atoms with Gasteiger partial charge < -0.3 is 20.8 Å². The number of carbonyl (C=O) groups is 2. The largest absolute Gasteiger partial charge is 0.508 e. The Morgan fingerprint density at radius 1 is 0.727 bits per heavy atom. The third-order valence-corrected chi connectivity index (χ3v) is 7.95. The second kappa shape index (κ2) is 12.8. The van der Waals surface area contributed by atoms with E-state index in [-0.39, 0.29) is 23.3 Å². The lowest BCUT2D eigenvalue weighted by atomic mass is 9.84. The van der Waals surface area contributed by atoms with Crippen LogP contribution in [0.3, 0.4) is 0 Å². The molecule has 1 aliphatic rings. The van der Waals surface area contributed by atoms with Crippen molar-refractivity contribution >= 4 is 35.3 Å². The van der Waals surface area contributed by atoms with Crippen molar-refractivity contribution in [3.05, 3.63) is 48.5 Å². The average molecular weight is 489 g/mol.